The minimum atomic E-state index is -1.02. The van der Waals surface area contributed by atoms with Crippen molar-refractivity contribution in [1.29, 1.82) is 0 Å². The first-order valence-electron chi connectivity index (χ1n) is 7.22. The maximum Gasteiger partial charge on any atom is 0.328 e. The second-order valence-corrected chi connectivity index (χ2v) is 5.10. The number of hydrogen-bond donors (Lipinski definition) is 1. The smallest absolute Gasteiger partial charge is 0.328 e. The van der Waals surface area contributed by atoms with Crippen LogP contribution in [0.5, 0.6) is 0 Å². The van der Waals surface area contributed by atoms with E-state index in [1.54, 1.807) is 29.2 Å². The van der Waals surface area contributed by atoms with Crippen LogP contribution in [0.25, 0.3) is 6.08 Å². The number of nitrogens with zero attached hydrogens (tertiary/aromatic N) is 2. The average Bonchev–Trinajstić information content (AvgIpc) is 3.24. The molecule has 0 aliphatic carbocycles. The van der Waals surface area contributed by atoms with Crippen molar-refractivity contribution in [3.8, 4) is 0 Å². The lowest BCUT2D eigenvalue weighted by Crippen LogP contribution is -2.48. The number of carbonyl (C=O) groups is 2. The summed E-state index contributed by atoms with van der Waals surface area (Å²) in [6.45, 7) is 2.42. The predicted molar refractivity (Wildman–Crippen MR) is 82.2 cm³/mol. The summed E-state index contributed by atoms with van der Waals surface area (Å²) in [7, 11) is 0. The molecular weight excluding hydrogens is 300 g/mol. The van der Waals surface area contributed by atoms with Gasteiger partial charge in [0.15, 0.2) is 11.6 Å². The zero-order valence-corrected chi connectivity index (χ0v) is 12.3. The summed E-state index contributed by atoms with van der Waals surface area (Å²) < 4.78 is 10.7. The fraction of sp³-hybridized carbons (Fsp3) is 0.250. The van der Waals surface area contributed by atoms with Gasteiger partial charge in [-0.2, -0.15) is 0 Å². The highest BCUT2D eigenvalue weighted by Gasteiger charge is 2.24. The Balaban J connectivity index is 1.59. The van der Waals surface area contributed by atoms with Gasteiger partial charge in [-0.05, 0) is 24.3 Å². The predicted octanol–water partition coefficient (Wildman–Crippen LogP) is 1.93. The lowest BCUT2D eigenvalue weighted by atomic mass is 10.3. The summed E-state index contributed by atoms with van der Waals surface area (Å²) in [4.78, 5) is 26.4. The van der Waals surface area contributed by atoms with Gasteiger partial charge in [-0.1, -0.05) is 0 Å². The zero-order valence-electron chi connectivity index (χ0n) is 12.3. The van der Waals surface area contributed by atoms with Crippen LogP contribution in [0.3, 0.4) is 0 Å². The lowest BCUT2D eigenvalue weighted by molar-refractivity contribution is -0.131. The molecule has 1 N–H and O–H groups in total. The molecule has 120 valence electrons. The summed E-state index contributed by atoms with van der Waals surface area (Å²) in [5, 5.41) is 8.61. The van der Waals surface area contributed by atoms with Crippen LogP contribution in [0.15, 0.2) is 45.4 Å². The highest BCUT2D eigenvalue weighted by Crippen LogP contribution is 2.21. The minimum Gasteiger partial charge on any atom is -0.478 e. The second-order valence-electron chi connectivity index (χ2n) is 5.10. The molecule has 3 heterocycles. The standard InChI is InChI=1S/C16H16N2O5/c19-15(20)6-4-12-3-5-14(23-12)17-7-9-18(10-8-17)16(21)13-2-1-11-22-13/h1-6,11H,7-10H2,(H,19,20)/b6-4+. The number of furan rings is 2. The molecule has 1 aliphatic rings. The number of carboxylic acids is 1. The number of rotatable bonds is 4. The first-order chi connectivity index (χ1) is 11.1. The molecule has 1 saturated heterocycles. The van der Waals surface area contributed by atoms with E-state index in [1.807, 2.05) is 4.90 Å². The molecule has 1 amide bonds. The Bertz CT molecular complexity index is 709. The maximum atomic E-state index is 12.2. The van der Waals surface area contributed by atoms with E-state index in [0.717, 1.165) is 6.08 Å². The van der Waals surface area contributed by atoms with Crippen molar-refractivity contribution in [2.45, 2.75) is 0 Å². The van der Waals surface area contributed by atoms with E-state index >= 15 is 0 Å². The van der Waals surface area contributed by atoms with Gasteiger partial charge in [-0.15, -0.1) is 0 Å². The van der Waals surface area contributed by atoms with Crippen molar-refractivity contribution in [3.05, 3.63) is 48.1 Å². The summed E-state index contributed by atoms with van der Waals surface area (Å²) >= 11 is 0. The number of amides is 1. The molecule has 0 aromatic carbocycles. The number of aliphatic carboxylic acids is 1. The van der Waals surface area contributed by atoms with E-state index in [1.165, 1.54) is 12.3 Å². The quantitative estimate of drug-likeness (QED) is 0.867. The molecule has 2 aromatic heterocycles. The van der Waals surface area contributed by atoms with E-state index < -0.39 is 5.97 Å². The fourth-order valence-corrected chi connectivity index (χ4v) is 2.44. The fourth-order valence-electron chi connectivity index (χ4n) is 2.44. The minimum absolute atomic E-state index is 0.112. The van der Waals surface area contributed by atoms with E-state index in [-0.39, 0.29) is 5.91 Å². The van der Waals surface area contributed by atoms with Crippen LogP contribution in [0.1, 0.15) is 16.3 Å². The van der Waals surface area contributed by atoms with Crippen LogP contribution in [0.4, 0.5) is 5.88 Å². The summed E-state index contributed by atoms with van der Waals surface area (Å²) in [6, 6.07) is 6.86. The van der Waals surface area contributed by atoms with Crippen LogP contribution in [0.2, 0.25) is 0 Å². The van der Waals surface area contributed by atoms with Crippen LogP contribution < -0.4 is 4.90 Å². The van der Waals surface area contributed by atoms with Gasteiger partial charge in [-0.3, -0.25) is 4.79 Å². The summed E-state index contributed by atoms with van der Waals surface area (Å²) in [6.07, 6.45) is 3.92. The molecule has 0 unspecified atom stereocenters. The van der Waals surface area contributed by atoms with Gasteiger partial charge in [-0.25, -0.2) is 4.79 Å². The van der Waals surface area contributed by atoms with Crippen LogP contribution in [0, 0.1) is 0 Å². The van der Waals surface area contributed by atoms with Crippen molar-refractivity contribution in [2.24, 2.45) is 0 Å². The van der Waals surface area contributed by atoms with Gasteiger partial charge in [0.25, 0.3) is 5.91 Å². The van der Waals surface area contributed by atoms with Crippen molar-refractivity contribution >= 4 is 23.8 Å². The molecule has 2 aromatic rings. The molecule has 1 fully saturated rings. The van der Waals surface area contributed by atoms with Crippen LogP contribution in [-0.4, -0.2) is 48.1 Å². The van der Waals surface area contributed by atoms with E-state index in [4.69, 9.17) is 13.9 Å². The largest absolute Gasteiger partial charge is 0.478 e. The molecule has 7 heteroatoms. The van der Waals surface area contributed by atoms with Crippen molar-refractivity contribution in [1.82, 2.24) is 4.90 Å². The number of anilines is 1. The monoisotopic (exact) mass is 316 g/mol. The Hall–Kier alpha value is -2.96. The van der Waals surface area contributed by atoms with Gasteiger partial charge in [0.2, 0.25) is 0 Å². The zero-order chi connectivity index (χ0) is 16.2. The molecule has 23 heavy (non-hydrogen) atoms. The Labute approximate surface area is 132 Å². The van der Waals surface area contributed by atoms with E-state index in [2.05, 4.69) is 0 Å². The highest BCUT2D eigenvalue weighted by molar-refractivity contribution is 5.91. The first-order valence-corrected chi connectivity index (χ1v) is 7.22. The third kappa shape index (κ3) is 3.45. The highest BCUT2D eigenvalue weighted by atomic mass is 16.4. The summed E-state index contributed by atoms with van der Waals surface area (Å²) in [5.41, 5.74) is 0. The Morgan fingerprint density at radius 2 is 1.91 bits per heavy atom. The summed E-state index contributed by atoms with van der Waals surface area (Å²) in [5.74, 6) is 0.362. The maximum absolute atomic E-state index is 12.2. The topological polar surface area (TPSA) is 87.1 Å². The lowest BCUT2D eigenvalue weighted by Gasteiger charge is -2.34. The number of piperazine rings is 1. The second kappa shape index (κ2) is 6.43. The van der Waals surface area contributed by atoms with Crippen molar-refractivity contribution in [3.63, 3.8) is 0 Å². The third-order valence-electron chi connectivity index (χ3n) is 3.61. The molecule has 0 spiro atoms. The normalized spacial score (nSPS) is 15.3. The van der Waals surface area contributed by atoms with Crippen LogP contribution in [-0.2, 0) is 4.79 Å². The van der Waals surface area contributed by atoms with Crippen molar-refractivity contribution in [2.75, 3.05) is 31.1 Å². The first kappa shape index (κ1) is 15.0. The molecular formula is C16H16N2O5. The molecule has 0 atom stereocenters. The number of hydrogen-bond acceptors (Lipinski definition) is 5. The molecule has 0 radical (unpaired) electrons. The molecule has 7 nitrogen and oxygen atoms in total. The van der Waals surface area contributed by atoms with Gasteiger partial charge < -0.3 is 23.7 Å². The number of carboxylic acid groups (broad SMARTS) is 1. The molecule has 1 aliphatic heterocycles. The van der Waals surface area contributed by atoms with E-state index in [9.17, 15) is 9.59 Å². The Morgan fingerprint density at radius 3 is 2.57 bits per heavy atom. The van der Waals surface area contributed by atoms with Gasteiger partial charge >= 0.3 is 5.97 Å². The third-order valence-corrected chi connectivity index (χ3v) is 3.61. The molecule has 0 bridgehead atoms. The molecule has 0 saturated carbocycles. The van der Waals surface area contributed by atoms with Gasteiger partial charge in [0.1, 0.15) is 5.76 Å². The average molecular weight is 316 g/mol. The van der Waals surface area contributed by atoms with Gasteiger partial charge in [0, 0.05) is 38.3 Å². The van der Waals surface area contributed by atoms with E-state index in [0.29, 0.717) is 43.6 Å². The Kier molecular flexibility index (Phi) is 4.18. The van der Waals surface area contributed by atoms with Gasteiger partial charge in [0.05, 0.1) is 6.26 Å². The molecule has 3 rings (SSSR count). The van der Waals surface area contributed by atoms with Crippen molar-refractivity contribution < 1.29 is 23.5 Å². The SMILES string of the molecule is O=C(O)/C=C/c1ccc(N2CCN(C(=O)c3ccco3)CC2)o1. The number of carbonyl (C=O) groups excluding carboxylic acids is 1. The van der Waals surface area contributed by atoms with Crippen LogP contribution >= 0.6 is 0 Å². The Morgan fingerprint density at radius 1 is 1.13 bits per heavy atom.